The summed E-state index contributed by atoms with van der Waals surface area (Å²) < 4.78 is 0. The zero-order valence-electron chi connectivity index (χ0n) is 5.96. The second kappa shape index (κ2) is 22.5. The van der Waals surface area contributed by atoms with E-state index in [1.807, 2.05) is 12.2 Å². The van der Waals surface area contributed by atoms with E-state index >= 15 is 0 Å². The topological polar surface area (TPSA) is 0 Å². The fourth-order valence-corrected chi connectivity index (χ4v) is 0.340. The first-order valence-electron chi connectivity index (χ1n) is 2.42. The van der Waals surface area contributed by atoms with Crippen LogP contribution in [-0.2, 0) is 26.2 Å². The van der Waals surface area contributed by atoms with Gasteiger partial charge in [-0.15, -0.1) is 31.2 Å². The van der Waals surface area contributed by atoms with Crippen LogP contribution in [0.5, 0.6) is 0 Å². The number of halogens is 2. The molecule has 58 valence electrons. The van der Waals surface area contributed by atoms with Gasteiger partial charge < -0.3 is 6.92 Å². The Morgan fingerprint density at radius 2 is 1.80 bits per heavy atom. The number of rotatable bonds is 0. The Morgan fingerprint density at radius 1 is 1.30 bits per heavy atom. The van der Waals surface area contributed by atoms with Gasteiger partial charge in [-0.25, -0.2) is 12.2 Å². The van der Waals surface area contributed by atoms with Gasteiger partial charge in [-0.3, -0.25) is 6.08 Å². The quantitative estimate of drug-likeness (QED) is 0.586. The normalized spacial score (nSPS) is 9.40. The van der Waals surface area contributed by atoms with Gasteiger partial charge in [-0.1, -0.05) is 0 Å². The molecule has 1 aliphatic rings. The third kappa shape index (κ3) is 16.0. The van der Waals surface area contributed by atoms with Crippen LogP contribution in [-0.4, -0.2) is 0 Å². The van der Waals surface area contributed by atoms with Crippen LogP contribution in [0.1, 0.15) is 13.3 Å². The van der Waals surface area contributed by atoms with Gasteiger partial charge in [0.15, 0.2) is 0 Å². The van der Waals surface area contributed by atoms with Crippen LogP contribution in [0.15, 0.2) is 18.2 Å². The maximum Gasteiger partial charge on any atom is 2.00 e. The molecule has 0 spiro atoms. The Kier molecular flexibility index (Phi) is 50.5. The molecule has 0 unspecified atom stereocenters. The van der Waals surface area contributed by atoms with E-state index in [1.165, 1.54) is 0 Å². The van der Waals surface area contributed by atoms with Crippen molar-refractivity contribution in [1.82, 2.24) is 0 Å². The summed E-state index contributed by atoms with van der Waals surface area (Å²) in [5.41, 5.74) is 0. The van der Waals surface area contributed by atoms with E-state index in [-0.39, 0.29) is 51.0 Å². The molecular weight excluding hydrogens is 246 g/mol. The van der Waals surface area contributed by atoms with E-state index in [0.717, 1.165) is 6.42 Å². The predicted octanol–water partition coefficient (Wildman–Crippen LogP) is 2.99. The van der Waals surface area contributed by atoms with Crippen LogP contribution in [0.3, 0.4) is 0 Å². The molecule has 0 aromatic rings. The molecule has 0 aliphatic heterocycles. The van der Waals surface area contributed by atoms with Gasteiger partial charge in [0.05, 0.1) is 0 Å². The molecule has 3 heteroatoms. The fourth-order valence-electron chi connectivity index (χ4n) is 0.340. The van der Waals surface area contributed by atoms with E-state index in [4.69, 9.17) is 0 Å². The van der Waals surface area contributed by atoms with Gasteiger partial charge in [-0.05, 0) is 0 Å². The standard InChI is InChI=1S/C5H5.C2H5.2ClH.Zr/c1-2-4-5-3-1;1-2;;;/h1-3H,4H2;1H2,2H3;2*1H;/q2*-1;;;+2. The molecule has 0 N–H and O–H groups in total. The maximum atomic E-state index is 3.25. The third-order valence-corrected chi connectivity index (χ3v) is 0.586. The second-order valence-corrected chi connectivity index (χ2v) is 1.00. The molecule has 0 heterocycles. The maximum absolute atomic E-state index is 3.25. The molecule has 0 nitrogen and oxygen atoms in total. The molecule has 0 radical (unpaired) electrons. The summed E-state index contributed by atoms with van der Waals surface area (Å²) in [5, 5.41) is 0. The minimum Gasteiger partial charge on any atom is -0.346 e. The van der Waals surface area contributed by atoms with Gasteiger partial charge in [0.2, 0.25) is 0 Å². The zero-order valence-corrected chi connectivity index (χ0v) is 10.1. The van der Waals surface area contributed by atoms with Crippen molar-refractivity contribution in [2.24, 2.45) is 0 Å². The van der Waals surface area contributed by atoms with Crippen molar-refractivity contribution in [3.8, 4) is 0 Å². The first-order valence-corrected chi connectivity index (χ1v) is 2.42. The average molecular weight is 258 g/mol. The van der Waals surface area contributed by atoms with Gasteiger partial charge in [0.25, 0.3) is 0 Å². The summed E-state index contributed by atoms with van der Waals surface area (Å²) in [4.78, 5) is 0. The van der Waals surface area contributed by atoms with Crippen molar-refractivity contribution in [3.05, 3.63) is 31.2 Å². The van der Waals surface area contributed by atoms with E-state index in [0.29, 0.717) is 0 Å². The average Bonchev–Trinajstić information content (AvgIpc) is 2.23. The summed E-state index contributed by atoms with van der Waals surface area (Å²) >= 11 is 0. The van der Waals surface area contributed by atoms with Crippen LogP contribution in [0, 0.1) is 13.0 Å². The predicted molar refractivity (Wildman–Crippen MR) is 47.1 cm³/mol. The summed E-state index contributed by atoms with van der Waals surface area (Å²) in [6, 6.07) is 0. The Labute approximate surface area is 95.1 Å². The van der Waals surface area contributed by atoms with Crippen molar-refractivity contribution in [3.63, 3.8) is 0 Å². The molecule has 0 aromatic carbocycles. The Hall–Kier alpha value is 0.943. The molecule has 0 amide bonds. The fraction of sp³-hybridized carbons (Fsp3) is 0.286. The van der Waals surface area contributed by atoms with Gasteiger partial charge in [0, 0.05) is 0 Å². The smallest absolute Gasteiger partial charge is 0.346 e. The van der Waals surface area contributed by atoms with Crippen molar-refractivity contribution < 1.29 is 26.2 Å². The molecule has 0 atom stereocenters. The van der Waals surface area contributed by atoms with Crippen molar-refractivity contribution in [2.45, 2.75) is 13.3 Å². The molecule has 1 rings (SSSR count). The van der Waals surface area contributed by atoms with Gasteiger partial charge in [-0.2, -0.15) is 13.0 Å². The number of hydrogen-bond donors (Lipinski definition) is 0. The summed E-state index contributed by atoms with van der Waals surface area (Å²) in [5.74, 6) is 0. The van der Waals surface area contributed by atoms with Crippen molar-refractivity contribution in [2.75, 3.05) is 0 Å². The molecular formula is C7H12Cl2Zr. The summed E-state index contributed by atoms with van der Waals surface area (Å²) in [7, 11) is 0. The minimum absolute atomic E-state index is 0. The Balaban J connectivity index is -0.0000000337. The van der Waals surface area contributed by atoms with E-state index in [2.05, 4.69) is 19.1 Å². The van der Waals surface area contributed by atoms with E-state index < -0.39 is 0 Å². The number of hydrogen-bond acceptors (Lipinski definition) is 0. The molecule has 0 fully saturated rings. The minimum atomic E-state index is 0. The van der Waals surface area contributed by atoms with Crippen LogP contribution < -0.4 is 0 Å². The molecule has 1 aliphatic carbocycles. The largest absolute Gasteiger partial charge is 2.00 e. The Morgan fingerprint density at radius 3 is 1.90 bits per heavy atom. The number of allylic oxidation sites excluding steroid dienone is 4. The van der Waals surface area contributed by atoms with Crippen molar-refractivity contribution in [1.29, 1.82) is 0 Å². The second-order valence-electron chi connectivity index (χ2n) is 1.00. The monoisotopic (exact) mass is 256 g/mol. The SMILES string of the molecule is Cl.Cl.[C-]1=CC=CC1.[CH2-]C.[Zr+2]. The summed E-state index contributed by atoms with van der Waals surface area (Å²) in [6.45, 7) is 5.00. The van der Waals surface area contributed by atoms with Crippen LogP contribution in [0.25, 0.3) is 0 Å². The van der Waals surface area contributed by atoms with Crippen LogP contribution >= 0.6 is 24.8 Å². The Bertz CT molecular complexity index is 69.7. The summed E-state index contributed by atoms with van der Waals surface area (Å²) in [6.07, 6.45) is 10.0. The molecule has 0 aromatic heterocycles. The van der Waals surface area contributed by atoms with E-state index in [9.17, 15) is 0 Å². The third-order valence-electron chi connectivity index (χ3n) is 0.586. The van der Waals surface area contributed by atoms with Crippen LogP contribution in [0.4, 0.5) is 0 Å². The molecule has 0 bridgehead atoms. The van der Waals surface area contributed by atoms with E-state index in [1.54, 1.807) is 6.92 Å². The molecule has 10 heavy (non-hydrogen) atoms. The van der Waals surface area contributed by atoms with Crippen molar-refractivity contribution >= 4 is 24.8 Å². The first kappa shape index (κ1) is 22.4. The van der Waals surface area contributed by atoms with Gasteiger partial charge in [0.1, 0.15) is 0 Å². The van der Waals surface area contributed by atoms with Crippen LogP contribution in [0.2, 0.25) is 0 Å². The zero-order chi connectivity index (χ0) is 5.54. The molecule has 0 saturated heterocycles. The first-order chi connectivity index (χ1) is 3.50. The molecule has 0 saturated carbocycles. The van der Waals surface area contributed by atoms with Gasteiger partial charge >= 0.3 is 26.2 Å².